The highest BCUT2D eigenvalue weighted by molar-refractivity contribution is 5.98. The van der Waals surface area contributed by atoms with Crippen LogP contribution < -0.4 is 15.4 Å². The summed E-state index contributed by atoms with van der Waals surface area (Å²) in [5.41, 5.74) is 2.73. The Labute approximate surface area is 204 Å². The van der Waals surface area contributed by atoms with Gasteiger partial charge in [-0.05, 0) is 42.3 Å². The molecule has 0 aliphatic carbocycles. The third kappa shape index (κ3) is 4.76. The van der Waals surface area contributed by atoms with Crippen LogP contribution in [0.3, 0.4) is 0 Å². The maximum Gasteiger partial charge on any atom is 0.270 e. The molecule has 1 aliphatic rings. The molecule has 4 aromatic rings. The Morgan fingerprint density at radius 2 is 1.86 bits per heavy atom. The second-order valence-corrected chi connectivity index (χ2v) is 8.37. The van der Waals surface area contributed by atoms with Crippen LogP contribution in [0.4, 0.5) is 4.39 Å². The number of Topliss-reactive ketones (excluding diaryl/α,β-unsaturated/α-hetero) is 1. The van der Waals surface area contributed by atoms with Crippen molar-refractivity contribution in [3.63, 3.8) is 0 Å². The van der Waals surface area contributed by atoms with E-state index < -0.39 is 17.6 Å². The average molecular weight is 488 g/mol. The van der Waals surface area contributed by atoms with E-state index in [-0.39, 0.29) is 48.9 Å². The van der Waals surface area contributed by atoms with Gasteiger partial charge in [0.25, 0.3) is 11.8 Å². The number of rotatable bonds is 6. The summed E-state index contributed by atoms with van der Waals surface area (Å²) in [5.74, 6) is -1.28. The van der Waals surface area contributed by atoms with Crippen molar-refractivity contribution >= 4 is 23.2 Å². The summed E-state index contributed by atoms with van der Waals surface area (Å²) in [6.45, 7) is 2.24. The van der Waals surface area contributed by atoms with E-state index in [4.69, 9.17) is 4.74 Å². The smallest absolute Gasteiger partial charge is 0.270 e. The Hall–Kier alpha value is -4.67. The number of halogens is 1. The lowest BCUT2D eigenvalue weighted by Crippen LogP contribution is -2.28. The number of aryl methyl sites for hydroxylation is 1. The lowest BCUT2D eigenvalue weighted by molar-refractivity contribution is -0.121. The monoisotopic (exact) mass is 488 g/mol. The second kappa shape index (κ2) is 9.53. The third-order valence-electron chi connectivity index (χ3n) is 5.66. The summed E-state index contributed by atoms with van der Waals surface area (Å²) in [5, 5.41) is 9.36. The number of aromatic nitrogens is 4. The molecule has 0 unspecified atom stereocenters. The van der Waals surface area contributed by atoms with Crippen molar-refractivity contribution in [2.45, 2.75) is 26.4 Å². The van der Waals surface area contributed by atoms with Gasteiger partial charge in [-0.1, -0.05) is 6.07 Å². The van der Waals surface area contributed by atoms with Crippen LogP contribution in [0.1, 0.15) is 43.4 Å². The minimum Gasteiger partial charge on any atom is -0.486 e. The van der Waals surface area contributed by atoms with E-state index in [1.165, 1.54) is 6.07 Å². The minimum absolute atomic E-state index is 0.0195. The number of nitrogens with one attached hydrogen (secondary N) is 2. The predicted molar refractivity (Wildman–Crippen MR) is 125 cm³/mol. The third-order valence-corrected chi connectivity index (χ3v) is 5.66. The van der Waals surface area contributed by atoms with E-state index in [1.807, 2.05) is 13.0 Å². The summed E-state index contributed by atoms with van der Waals surface area (Å²) in [4.78, 5) is 45.7. The van der Waals surface area contributed by atoms with Crippen molar-refractivity contribution < 1.29 is 23.5 Å². The van der Waals surface area contributed by atoms with E-state index in [0.29, 0.717) is 5.75 Å². The predicted octanol–water partition coefficient (Wildman–Crippen LogP) is 1.94. The van der Waals surface area contributed by atoms with Gasteiger partial charge in [-0.2, -0.15) is 5.10 Å². The molecule has 11 heteroatoms. The molecule has 0 radical (unpaired) electrons. The van der Waals surface area contributed by atoms with E-state index in [2.05, 4.69) is 25.7 Å². The first-order chi connectivity index (χ1) is 17.4. The SMILES string of the molecule is Cc1cc(CNC(=O)c2cc(C(=O)NCc3ccc4c(c3)CC(=O)CO4)nc3c(F)cnn23)ccn1. The molecule has 10 nitrogen and oxygen atoms in total. The fourth-order valence-electron chi connectivity index (χ4n) is 3.92. The van der Waals surface area contributed by atoms with E-state index in [1.54, 1.807) is 30.5 Å². The molecule has 0 fully saturated rings. The molecule has 5 rings (SSSR count). The maximum absolute atomic E-state index is 14.3. The minimum atomic E-state index is -0.761. The number of carbonyl (C=O) groups excluding carboxylic acids is 3. The van der Waals surface area contributed by atoms with Gasteiger partial charge in [-0.3, -0.25) is 19.4 Å². The molecule has 0 saturated carbocycles. The Bertz CT molecular complexity index is 1520. The molecular weight excluding hydrogens is 467 g/mol. The van der Waals surface area contributed by atoms with Gasteiger partial charge < -0.3 is 15.4 Å². The summed E-state index contributed by atoms with van der Waals surface area (Å²) in [7, 11) is 0. The number of pyridine rings is 1. The average Bonchev–Trinajstić information content (AvgIpc) is 3.25. The van der Waals surface area contributed by atoms with Gasteiger partial charge in [0.05, 0.1) is 6.20 Å². The zero-order valence-electron chi connectivity index (χ0n) is 19.2. The van der Waals surface area contributed by atoms with Crippen LogP contribution in [0.5, 0.6) is 5.75 Å². The van der Waals surface area contributed by atoms with E-state index in [9.17, 15) is 18.8 Å². The Morgan fingerprint density at radius 1 is 1.08 bits per heavy atom. The van der Waals surface area contributed by atoms with Crippen LogP contribution >= 0.6 is 0 Å². The molecule has 0 atom stereocenters. The summed E-state index contributed by atoms with van der Waals surface area (Å²) in [6.07, 6.45) is 2.84. The summed E-state index contributed by atoms with van der Waals surface area (Å²) < 4.78 is 20.8. The molecule has 1 aliphatic heterocycles. The zero-order chi connectivity index (χ0) is 25.2. The first-order valence-corrected chi connectivity index (χ1v) is 11.2. The number of nitrogens with zero attached hydrogens (tertiary/aromatic N) is 4. The lowest BCUT2D eigenvalue weighted by Gasteiger charge is -2.17. The molecule has 0 bridgehead atoms. The van der Waals surface area contributed by atoms with Crippen molar-refractivity contribution in [3.05, 3.63) is 88.4 Å². The zero-order valence-corrected chi connectivity index (χ0v) is 19.2. The number of hydrogen-bond donors (Lipinski definition) is 2. The standard InChI is InChI=1S/C25H21FN6O4/c1-14-6-16(4-5-27-14)11-29-25(35)21-9-20(31-23-19(26)12-30-32(21)23)24(34)28-10-15-2-3-22-17(7-15)8-18(33)13-36-22/h2-7,9,12H,8,10-11,13H2,1H3,(H,28,34)(H,29,35). The molecule has 2 amide bonds. The highest BCUT2D eigenvalue weighted by Gasteiger charge is 2.21. The van der Waals surface area contributed by atoms with Crippen molar-refractivity contribution in [3.8, 4) is 5.75 Å². The largest absolute Gasteiger partial charge is 0.486 e. The van der Waals surface area contributed by atoms with Gasteiger partial charge >= 0.3 is 0 Å². The highest BCUT2D eigenvalue weighted by atomic mass is 19.1. The van der Waals surface area contributed by atoms with E-state index in [0.717, 1.165) is 33.1 Å². The van der Waals surface area contributed by atoms with Crippen molar-refractivity contribution in [1.82, 2.24) is 30.2 Å². The summed E-state index contributed by atoms with van der Waals surface area (Å²) in [6, 6.07) is 10.2. The van der Waals surface area contributed by atoms with Crippen LogP contribution in [0.2, 0.25) is 0 Å². The molecular formula is C25H21FN6O4. The Kier molecular flexibility index (Phi) is 6.11. The number of ether oxygens (including phenoxy) is 1. The Balaban J connectivity index is 1.34. The van der Waals surface area contributed by atoms with Gasteiger partial charge in [0.2, 0.25) is 0 Å². The van der Waals surface area contributed by atoms with Gasteiger partial charge in [-0.15, -0.1) is 0 Å². The van der Waals surface area contributed by atoms with Crippen molar-refractivity contribution in [2.24, 2.45) is 0 Å². The van der Waals surface area contributed by atoms with Gasteiger partial charge in [0, 0.05) is 43.0 Å². The molecule has 182 valence electrons. The quantitative estimate of drug-likeness (QED) is 0.425. The fourth-order valence-corrected chi connectivity index (χ4v) is 3.92. The number of fused-ring (bicyclic) bond motifs is 2. The molecule has 0 saturated heterocycles. The number of ketones is 1. The van der Waals surface area contributed by atoms with Crippen LogP contribution in [-0.4, -0.2) is 43.8 Å². The maximum atomic E-state index is 14.3. The lowest BCUT2D eigenvalue weighted by atomic mass is 10.0. The topological polar surface area (TPSA) is 128 Å². The molecule has 1 aromatic carbocycles. The normalized spacial score (nSPS) is 12.7. The van der Waals surface area contributed by atoms with Crippen LogP contribution in [0.15, 0.2) is 48.8 Å². The Morgan fingerprint density at radius 3 is 2.67 bits per heavy atom. The number of benzene rings is 1. The number of carbonyl (C=O) groups is 3. The number of hydrogen-bond acceptors (Lipinski definition) is 7. The first kappa shape index (κ1) is 23.1. The van der Waals surface area contributed by atoms with Crippen LogP contribution in [-0.2, 0) is 24.3 Å². The molecule has 36 heavy (non-hydrogen) atoms. The van der Waals surface area contributed by atoms with Gasteiger partial charge in [0.15, 0.2) is 17.2 Å². The summed E-state index contributed by atoms with van der Waals surface area (Å²) >= 11 is 0. The van der Waals surface area contributed by atoms with Crippen LogP contribution in [0.25, 0.3) is 5.65 Å². The molecule has 2 N–H and O–H groups in total. The molecule has 4 heterocycles. The van der Waals surface area contributed by atoms with Crippen molar-refractivity contribution in [1.29, 1.82) is 0 Å². The number of amides is 2. The first-order valence-electron chi connectivity index (χ1n) is 11.2. The van der Waals surface area contributed by atoms with Crippen LogP contribution in [0, 0.1) is 12.7 Å². The molecule has 0 spiro atoms. The second-order valence-electron chi connectivity index (χ2n) is 8.37. The van der Waals surface area contributed by atoms with Gasteiger partial charge in [-0.25, -0.2) is 13.9 Å². The highest BCUT2D eigenvalue weighted by Crippen LogP contribution is 2.24. The van der Waals surface area contributed by atoms with E-state index >= 15 is 0 Å². The molecule has 3 aromatic heterocycles. The fraction of sp³-hybridized carbons (Fsp3) is 0.200. The van der Waals surface area contributed by atoms with Crippen molar-refractivity contribution in [2.75, 3.05) is 6.61 Å². The van der Waals surface area contributed by atoms with Gasteiger partial charge in [0.1, 0.15) is 23.7 Å².